The highest BCUT2D eigenvalue weighted by molar-refractivity contribution is 5.20. The number of benzene rings is 1. The van der Waals surface area contributed by atoms with Crippen LogP contribution in [0, 0.1) is 5.82 Å². The molecular formula is C14H22FN3. The lowest BCUT2D eigenvalue weighted by molar-refractivity contribution is 0.131. The van der Waals surface area contributed by atoms with E-state index in [1.165, 1.54) is 12.1 Å². The van der Waals surface area contributed by atoms with E-state index in [4.69, 9.17) is 5.73 Å². The van der Waals surface area contributed by atoms with Crippen LogP contribution in [-0.2, 0) is 0 Å². The van der Waals surface area contributed by atoms with E-state index in [9.17, 15) is 4.39 Å². The maximum atomic E-state index is 13.1. The van der Waals surface area contributed by atoms with Crippen molar-refractivity contribution in [2.24, 2.45) is 5.73 Å². The molecule has 3 nitrogen and oxygen atoms in total. The topological polar surface area (TPSA) is 32.5 Å². The Kier molecular flexibility index (Phi) is 4.69. The van der Waals surface area contributed by atoms with Gasteiger partial charge < -0.3 is 10.6 Å². The zero-order valence-electron chi connectivity index (χ0n) is 11.0. The molecule has 0 spiro atoms. The number of rotatable bonds is 4. The van der Waals surface area contributed by atoms with E-state index >= 15 is 0 Å². The number of likely N-dealkylation sites (N-methyl/N-ethyl adjacent to an activating group) is 1. The van der Waals surface area contributed by atoms with E-state index in [-0.39, 0.29) is 11.9 Å². The van der Waals surface area contributed by atoms with Gasteiger partial charge in [-0.05, 0) is 24.2 Å². The van der Waals surface area contributed by atoms with Crippen LogP contribution in [-0.4, -0.2) is 49.1 Å². The van der Waals surface area contributed by atoms with Crippen LogP contribution in [0.15, 0.2) is 24.3 Å². The predicted molar refractivity (Wildman–Crippen MR) is 71.9 cm³/mol. The van der Waals surface area contributed by atoms with Gasteiger partial charge in [-0.3, -0.25) is 4.90 Å². The van der Waals surface area contributed by atoms with Crippen molar-refractivity contribution in [2.45, 2.75) is 13.0 Å². The number of halogens is 1. The van der Waals surface area contributed by atoms with Crippen LogP contribution in [0.3, 0.4) is 0 Å². The van der Waals surface area contributed by atoms with Gasteiger partial charge in [0.25, 0.3) is 0 Å². The largest absolute Gasteiger partial charge is 0.323 e. The van der Waals surface area contributed by atoms with E-state index in [0.29, 0.717) is 0 Å². The lowest BCUT2D eigenvalue weighted by atomic mass is 10.1. The summed E-state index contributed by atoms with van der Waals surface area (Å²) in [6.07, 6.45) is 0. The summed E-state index contributed by atoms with van der Waals surface area (Å²) in [6.45, 7) is 8.42. The van der Waals surface area contributed by atoms with Crippen LogP contribution >= 0.6 is 0 Å². The number of hydrogen-bond acceptors (Lipinski definition) is 3. The van der Waals surface area contributed by atoms with Gasteiger partial charge in [0, 0.05) is 38.8 Å². The maximum Gasteiger partial charge on any atom is 0.123 e. The Hall–Kier alpha value is -0.970. The van der Waals surface area contributed by atoms with Gasteiger partial charge in [0.2, 0.25) is 0 Å². The summed E-state index contributed by atoms with van der Waals surface area (Å²) in [4.78, 5) is 4.80. The van der Waals surface area contributed by atoms with Crippen LogP contribution in [0.5, 0.6) is 0 Å². The van der Waals surface area contributed by atoms with Crippen LogP contribution in [0.2, 0.25) is 0 Å². The summed E-state index contributed by atoms with van der Waals surface area (Å²) in [7, 11) is 0. The van der Waals surface area contributed by atoms with Crippen molar-refractivity contribution in [1.29, 1.82) is 0 Å². The number of hydrogen-bond donors (Lipinski definition) is 1. The van der Waals surface area contributed by atoms with Gasteiger partial charge in [-0.1, -0.05) is 19.1 Å². The molecule has 0 aromatic heterocycles. The zero-order valence-corrected chi connectivity index (χ0v) is 11.0. The van der Waals surface area contributed by atoms with Crippen molar-refractivity contribution in [3.63, 3.8) is 0 Å². The molecule has 1 aliphatic heterocycles. The normalized spacial score (nSPS) is 19.9. The first-order valence-electron chi connectivity index (χ1n) is 6.65. The minimum absolute atomic E-state index is 0.103. The average molecular weight is 251 g/mol. The Morgan fingerprint density at radius 2 is 1.89 bits per heavy atom. The standard InChI is InChI=1S/C14H22FN3/c1-2-17-6-8-18(9-7-17)11-14(16)12-4-3-5-13(15)10-12/h3-5,10,14H,2,6-9,11,16H2,1H3. The summed E-state index contributed by atoms with van der Waals surface area (Å²) in [5.41, 5.74) is 7.02. The Balaban J connectivity index is 1.86. The third kappa shape index (κ3) is 3.51. The highest BCUT2D eigenvalue weighted by Gasteiger charge is 2.18. The van der Waals surface area contributed by atoms with Gasteiger partial charge in [-0.2, -0.15) is 0 Å². The van der Waals surface area contributed by atoms with Gasteiger partial charge >= 0.3 is 0 Å². The summed E-state index contributed by atoms with van der Waals surface area (Å²) in [5, 5.41) is 0. The first kappa shape index (κ1) is 13.5. The number of nitrogens with zero attached hydrogens (tertiary/aromatic N) is 2. The van der Waals surface area contributed by atoms with Crippen molar-refractivity contribution >= 4 is 0 Å². The molecule has 1 aromatic rings. The van der Waals surface area contributed by atoms with E-state index < -0.39 is 0 Å². The Morgan fingerprint density at radius 1 is 1.22 bits per heavy atom. The molecule has 1 heterocycles. The van der Waals surface area contributed by atoms with Crippen LogP contribution in [0.1, 0.15) is 18.5 Å². The van der Waals surface area contributed by atoms with Gasteiger partial charge in [-0.25, -0.2) is 4.39 Å². The smallest absolute Gasteiger partial charge is 0.123 e. The predicted octanol–water partition coefficient (Wildman–Crippen LogP) is 1.46. The highest BCUT2D eigenvalue weighted by atomic mass is 19.1. The highest BCUT2D eigenvalue weighted by Crippen LogP contribution is 2.14. The fourth-order valence-corrected chi connectivity index (χ4v) is 2.41. The Labute approximate surface area is 108 Å². The summed E-state index contributed by atoms with van der Waals surface area (Å²) in [5.74, 6) is -0.209. The maximum absolute atomic E-state index is 13.1. The second-order valence-electron chi connectivity index (χ2n) is 4.90. The summed E-state index contributed by atoms with van der Waals surface area (Å²) >= 11 is 0. The molecule has 0 aliphatic carbocycles. The molecule has 0 radical (unpaired) electrons. The fraction of sp³-hybridized carbons (Fsp3) is 0.571. The lowest BCUT2D eigenvalue weighted by Gasteiger charge is -2.35. The molecule has 1 atom stereocenters. The Morgan fingerprint density at radius 3 is 2.50 bits per heavy atom. The third-order valence-corrected chi connectivity index (χ3v) is 3.64. The quantitative estimate of drug-likeness (QED) is 0.879. The average Bonchev–Trinajstić information content (AvgIpc) is 2.39. The first-order chi connectivity index (χ1) is 8.69. The molecule has 0 bridgehead atoms. The SMILES string of the molecule is CCN1CCN(CC(N)c2cccc(F)c2)CC1. The molecule has 0 saturated carbocycles. The Bertz CT molecular complexity index is 375. The van der Waals surface area contributed by atoms with Gasteiger partial charge in [0.05, 0.1) is 0 Å². The van der Waals surface area contributed by atoms with E-state index in [1.807, 2.05) is 6.07 Å². The molecule has 1 saturated heterocycles. The number of piperazine rings is 1. The molecule has 2 rings (SSSR count). The van der Waals surface area contributed by atoms with Crippen molar-refractivity contribution in [1.82, 2.24) is 9.80 Å². The minimum Gasteiger partial charge on any atom is -0.323 e. The van der Waals surface area contributed by atoms with Crippen molar-refractivity contribution in [3.05, 3.63) is 35.6 Å². The van der Waals surface area contributed by atoms with Crippen LogP contribution in [0.4, 0.5) is 4.39 Å². The van der Waals surface area contributed by atoms with E-state index in [1.54, 1.807) is 6.07 Å². The van der Waals surface area contributed by atoms with Crippen molar-refractivity contribution in [3.8, 4) is 0 Å². The van der Waals surface area contributed by atoms with Crippen molar-refractivity contribution in [2.75, 3.05) is 39.3 Å². The fourth-order valence-electron chi connectivity index (χ4n) is 2.41. The summed E-state index contributed by atoms with van der Waals surface area (Å²) < 4.78 is 13.1. The van der Waals surface area contributed by atoms with E-state index in [2.05, 4.69) is 16.7 Å². The monoisotopic (exact) mass is 251 g/mol. The summed E-state index contributed by atoms with van der Waals surface area (Å²) in [6, 6.07) is 6.51. The lowest BCUT2D eigenvalue weighted by Crippen LogP contribution is -2.48. The molecular weight excluding hydrogens is 229 g/mol. The molecule has 1 aliphatic rings. The molecule has 100 valence electrons. The molecule has 0 amide bonds. The molecule has 1 unspecified atom stereocenters. The van der Waals surface area contributed by atoms with Gasteiger partial charge in [-0.15, -0.1) is 0 Å². The van der Waals surface area contributed by atoms with Gasteiger partial charge in [0.15, 0.2) is 0 Å². The molecule has 1 aromatic carbocycles. The third-order valence-electron chi connectivity index (χ3n) is 3.64. The first-order valence-corrected chi connectivity index (χ1v) is 6.65. The van der Waals surface area contributed by atoms with Crippen LogP contribution in [0.25, 0.3) is 0 Å². The minimum atomic E-state index is -0.209. The van der Waals surface area contributed by atoms with Gasteiger partial charge in [0.1, 0.15) is 5.82 Å². The molecule has 1 fully saturated rings. The van der Waals surface area contributed by atoms with Crippen molar-refractivity contribution < 1.29 is 4.39 Å². The second kappa shape index (κ2) is 6.27. The molecule has 2 N–H and O–H groups in total. The second-order valence-corrected chi connectivity index (χ2v) is 4.90. The molecule has 4 heteroatoms. The van der Waals surface area contributed by atoms with Crippen LogP contribution < -0.4 is 5.73 Å². The zero-order chi connectivity index (χ0) is 13.0. The number of nitrogens with two attached hydrogens (primary N) is 1. The molecule has 18 heavy (non-hydrogen) atoms. The van der Waals surface area contributed by atoms with E-state index in [0.717, 1.165) is 44.8 Å².